The van der Waals surface area contributed by atoms with Gasteiger partial charge in [-0.3, -0.25) is 15.2 Å². The number of amides is 1. The summed E-state index contributed by atoms with van der Waals surface area (Å²) in [5, 5.41) is 15.1. The average Bonchev–Trinajstić information content (AvgIpc) is 3.28. The maximum Gasteiger partial charge on any atom is 0.348 e. The number of carbonyl (C=O) groups is 1. The molecule has 4 aromatic rings. The molecule has 12 heteroatoms. The van der Waals surface area contributed by atoms with Gasteiger partial charge < -0.3 is 26.3 Å². The van der Waals surface area contributed by atoms with Crippen molar-refractivity contribution >= 4 is 17.4 Å². The Bertz CT molecular complexity index is 1530. The minimum atomic E-state index is -1.02. The fraction of sp³-hybridized carbons (Fsp3) is 0.120. The molecule has 7 N–H and O–H groups in total. The van der Waals surface area contributed by atoms with E-state index in [2.05, 4.69) is 15.4 Å². The quantitative estimate of drug-likeness (QED) is 0.171. The van der Waals surface area contributed by atoms with Crippen LogP contribution in [0.1, 0.15) is 33.4 Å². The molecule has 0 saturated carbocycles. The minimum Gasteiger partial charge on any atom is -0.493 e. The van der Waals surface area contributed by atoms with E-state index in [4.69, 9.17) is 26.4 Å². The predicted octanol–water partition coefficient (Wildman–Crippen LogP) is 2.30. The molecule has 0 aliphatic heterocycles. The van der Waals surface area contributed by atoms with Crippen LogP contribution >= 0.6 is 0 Å². The second kappa shape index (κ2) is 10.2. The zero-order valence-electron chi connectivity index (χ0n) is 19.9. The van der Waals surface area contributed by atoms with Crippen LogP contribution in [0, 0.1) is 11.2 Å². The molecule has 1 heterocycles. The summed E-state index contributed by atoms with van der Waals surface area (Å²) < 4.78 is 26.9. The zero-order chi connectivity index (χ0) is 26.7. The molecule has 0 aliphatic rings. The minimum absolute atomic E-state index is 0.0473. The van der Waals surface area contributed by atoms with Gasteiger partial charge in [-0.05, 0) is 42.5 Å². The fourth-order valence-electron chi connectivity index (χ4n) is 3.80. The molecule has 4 rings (SSSR count). The highest BCUT2D eigenvalue weighted by Crippen LogP contribution is 2.35. The van der Waals surface area contributed by atoms with Crippen LogP contribution in [0.3, 0.4) is 0 Å². The summed E-state index contributed by atoms with van der Waals surface area (Å²) in [5.74, 6) is -1.00. The molecule has 0 aliphatic carbocycles. The smallest absolute Gasteiger partial charge is 0.348 e. The highest BCUT2D eigenvalue weighted by molar-refractivity contribution is 5.96. The van der Waals surface area contributed by atoms with Gasteiger partial charge >= 0.3 is 5.69 Å². The first-order valence-corrected chi connectivity index (χ1v) is 10.9. The second-order valence-electron chi connectivity index (χ2n) is 7.91. The van der Waals surface area contributed by atoms with Crippen LogP contribution in [0.2, 0.25) is 0 Å². The normalized spacial score (nSPS) is 11.5. The van der Waals surface area contributed by atoms with Crippen molar-refractivity contribution in [3.63, 3.8) is 0 Å². The van der Waals surface area contributed by atoms with Gasteiger partial charge in [-0.25, -0.2) is 9.18 Å². The zero-order valence-corrected chi connectivity index (χ0v) is 19.9. The molecular formula is C25H24FN7O4. The molecule has 11 nitrogen and oxygen atoms in total. The number of primary amides is 1. The van der Waals surface area contributed by atoms with E-state index < -0.39 is 23.5 Å². The highest BCUT2D eigenvalue weighted by Gasteiger charge is 2.26. The number of nitrogens with one attached hydrogen (secondary N) is 3. The first-order chi connectivity index (χ1) is 17.7. The van der Waals surface area contributed by atoms with Crippen LogP contribution in [-0.4, -0.2) is 40.7 Å². The van der Waals surface area contributed by atoms with Crippen molar-refractivity contribution in [2.75, 3.05) is 19.5 Å². The Labute approximate surface area is 210 Å². The summed E-state index contributed by atoms with van der Waals surface area (Å²) >= 11 is 0. The number of methoxy groups -OCH3 is 2. The Hall–Kier alpha value is -5.13. The van der Waals surface area contributed by atoms with Crippen molar-refractivity contribution in [1.29, 1.82) is 5.41 Å². The lowest BCUT2D eigenvalue weighted by molar-refractivity contribution is 0.1000. The first-order valence-electron chi connectivity index (χ1n) is 10.9. The largest absolute Gasteiger partial charge is 0.493 e. The molecule has 1 atom stereocenters. The van der Waals surface area contributed by atoms with Gasteiger partial charge in [-0.15, -0.1) is 5.10 Å². The molecule has 0 radical (unpaired) electrons. The van der Waals surface area contributed by atoms with E-state index >= 15 is 4.39 Å². The number of aromatic nitrogens is 3. The van der Waals surface area contributed by atoms with Crippen LogP contribution in [0.15, 0.2) is 65.5 Å². The third kappa shape index (κ3) is 4.98. The summed E-state index contributed by atoms with van der Waals surface area (Å²) in [4.78, 5) is 27.5. The van der Waals surface area contributed by atoms with E-state index in [1.807, 2.05) is 0 Å². The van der Waals surface area contributed by atoms with Crippen LogP contribution in [0.25, 0.3) is 5.69 Å². The van der Waals surface area contributed by atoms with Gasteiger partial charge in [0.15, 0.2) is 17.3 Å². The van der Waals surface area contributed by atoms with Crippen molar-refractivity contribution in [3.05, 3.63) is 99.5 Å². The molecule has 1 amide bonds. The van der Waals surface area contributed by atoms with E-state index in [-0.39, 0.29) is 40.0 Å². The van der Waals surface area contributed by atoms with E-state index in [0.29, 0.717) is 11.3 Å². The molecule has 190 valence electrons. The number of benzene rings is 3. The maximum absolute atomic E-state index is 15.4. The van der Waals surface area contributed by atoms with Gasteiger partial charge in [0, 0.05) is 22.9 Å². The molecule has 1 aromatic heterocycles. The molecule has 0 bridgehead atoms. The number of halogens is 1. The van der Waals surface area contributed by atoms with Gasteiger partial charge in [0.25, 0.3) is 5.91 Å². The van der Waals surface area contributed by atoms with Gasteiger partial charge in [0.1, 0.15) is 17.7 Å². The summed E-state index contributed by atoms with van der Waals surface area (Å²) in [7, 11) is 2.80. The number of para-hydroxylation sites is 1. The van der Waals surface area contributed by atoms with Crippen molar-refractivity contribution in [2.45, 2.75) is 6.04 Å². The van der Waals surface area contributed by atoms with Crippen molar-refractivity contribution in [1.82, 2.24) is 14.8 Å². The van der Waals surface area contributed by atoms with E-state index in [1.165, 1.54) is 38.5 Å². The lowest BCUT2D eigenvalue weighted by atomic mass is 10.0. The Balaban J connectivity index is 1.86. The first kappa shape index (κ1) is 25.0. The Morgan fingerprint density at radius 3 is 2.35 bits per heavy atom. The SMILES string of the molecule is COc1cc(F)c(C(Nc2ccc(C(=N)N)cc2)c2nn(-c3ccccc3C(N)=O)c(=O)[nH]2)cc1OC. The maximum atomic E-state index is 15.4. The third-order valence-electron chi connectivity index (χ3n) is 5.63. The van der Waals surface area contributed by atoms with Gasteiger partial charge in [-0.1, -0.05) is 12.1 Å². The number of nitrogen functional groups attached to an aromatic ring is 1. The van der Waals surface area contributed by atoms with E-state index in [1.54, 1.807) is 36.4 Å². The number of amidine groups is 1. The van der Waals surface area contributed by atoms with Crippen molar-refractivity contribution < 1.29 is 18.7 Å². The molecule has 0 saturated heterocycles. The van der Waals surface area contributed by atoms with E-state index in [9.17, 15) is 9.59 Å². The van der Waals surface area contributed by atoms with E-state index in [0.717, 1.165) is 4.68 Å². The Morgan fingerprint density at radius 2 is 1.73 bits per heavy atom. The molecule has 1 unspecified atom stereocenters. The number of carbonyl (C=O) groups excluding carboxylic acids is 1. The number of nitrogens with two attached hydrogens (primary N) is 2. The molecule has 3 aromatic carbocycles. The second-order valence-corrected chi connectivity index (χ2v) is 7.91. The fourth-order valence-corrected chi connectivity index (χ4v) is 3.80. The summed E-state index contributed by atoms with van der Waals surface area (Å²) in [6, 6.07) is 14.4. The molecule has 0 fully saturated rings. The number of hydrogen-bond donors (Lipinski definition) is 5. The highest BCUT2D eigenvalue weighted by atomic mass is 19.1. The third-order valence-corrected chi connectivity index (χ3v) is 5.63. The predicted molar refractivity (Wildman–Crippen MR) is 135 cm³/mol. The topological polar surface area (TPSA) is 174 Å². The number of rotatable bonds is 9. The summed E-state index contributed by atoms with van der Waals surface area (Å²) in [5.41, 5.74) is 11.7. The Morgan fingerprint density at radius 1 is 1.08 bits per heavy atom. The number of nitrogens with zero attached hydrogens (tertiary/aromatic N) is 2. The number of hydrogen-bond acceptors (Lipinski definition) is 7. The lowest BCUT2D eigenvalue weighted by Gasteiger charge is -2.20. The van der Waals surface area contributed by atoms with Crippen molar-refractivity contribution in [3.8, 4) is 17.2 Å². The monoisotopic (exact) mass is 505 g/mol. The molecule has 37 heavy (non-hydrogen) atoms. The summed E-state index contributed by atoms with van der Waals surface area (Å²) in [6.45, 7) is 0. The van der Waals surface area contributed by atoms with Gasteiger partial charge in [-0.2, -0.15) is 4.68 Å². The summed E-state index contributed by atoms with van der Waals surface area (Å²) in [6.07, 6.45) is 0. The van der Waals surface area contributed by atoms with Crippen LogP contribution in [0.4, 0.5) is 10.1 Å². The van der Waals surface area contributed by atoms with Crippen LogP contribution < -0.4 is 31.9 Å². The number of anilines is 1. The standard InChI is InChI=1S/C25H24FN7O4/c1-36-19-11-16(17(26)12-20(19)37-2)21(30-14-9-7-13(8-10-14)22(27)28)24-31-25(35)33(32-24)18-6-4-3-5-15(18)23(29)34/h3-12,21,30H,1-2H3,(H3,27,28)(H2,29,34)(H,31,32,35). The van der Waals surface area contributed by atoms with Crippen molar-refractivity contribution in [2.24, 2.45) is 11.5 Å². The number of H-pyrrole nitrogens is 1. The number of ether oxygens (including phenoxy) is 2. The molecule has 0 spiro atoms. The van der Waals surface area contributed by atoms with Crippen LogP contribution in [0.5, 0.6) is 11.5 Å². The average molecular weight is 506 g/mol. The van der Waals surface area contributed by atoms with Gasteiger partial charge in [0.05, 0.1) is 25.5 Å². The number of aromatic amines is 1. The Kier molecular flexibility index (Phi) is 6.91. The van der Waals surface area contributed by atoms with Gasteiger partial charge in [0.2, 0.25) is 0 Å². The van der Waals surface area contributed by atoms with Crippen LogP contribution in [-0.2, 0) is 0 Å². The lowest BCUT2D eigenvalue weighted by Crippen LogP contribution is -2.21. The molecular weight excluding hydrogens is 481 g/mol.